The first-order chi connectivity index (χ1) is 13.8. The Morgan fingerprint density at radius 2 is 2.00 bits per heavy atom. The average Bonchev–Trinajstić information content (AvgIpc) is 3.25. The topological polar surface area (TPSA) is 129 Å². The Labute approximate surface area is 169 Å². The van der Waals surface area contributed by atoms with Crippen molar-refractivity contribution in [2.75, 3.05) is 18.5 Å². The Bertz CT molecular complexity index is 1010. The summed E-state index contributed by atoms with van der Waals surface area (Å²) in [5, 5.41) is 15.9. The summed E-state index contributed by atoms with van der Waals surface area (Å²) in [6.45, 7) is 0.319. The minimum atomic E-state index is -1.29. The normalized spacial score (nSPS) is 18.1. The lowest BCUT2D eigenvalue weighted by Gasteiger charge is -2.21. The quantitative estimate of drug-likeness (QED) is 0.547. The third-order valence-corrected chi connectivity index (χ3v) is 5.15. The van der Waals surface area contributed by atoms with Gasteiger partial charge in [0.2, 0.25) is 0 Å². The van der Waals surface area contributed by atoms with Gasteiger partial charge in [-0.25, -0.2) is 4.79 Å². The van der Waals surface area contributed by atoms with E-state index in [0.29, 0.717) is 16.1 Å². The van der Waals surface area contributed by atoms with Crippen molar-refractivity contribution in [1.29, 1.82) is 5.26 Å². The maximum absolute atomic E-state index is 12.7. The molecule has 2 aromatic rings. The molecule has 1 aliphatic heterocycles. The fraction of sp³-hybridized carbons (Fsp3) is 0.211. The summed E-state index contributed by atoms with van der Waals surface area (Å²) in [5.74, 6) is -2.14. The van der Waals surface area contributed by atoms with E-state index >= 15 is 0 Å². The van der Waals surface area contributed by atoms with Crippen LogP contribution in [0.15, 0.2) is 41.8 Å². The first-order valence-electron chi connectivity index (χ1n) is 8.48. The number of esters is 1. The van der Waals surface area contributed by atoms with E-state index in [1.165, 1.54) is 0 Å². The zero-order valence-electron chi connectivity index (χ0n) is 15.3. The molecule has 2 N–H and O–H groups in total. The van der Waals surface area contributed by atoms with E-state index in [-0.39, 0.29) is 0 Å². The summed E-state index contributed by atoms with van der Waals surface area (Å²) in [7, 11) is 0. The van der Waals surface area contributed by atoms with E-state index in [2.05, 4.69) is 10.6 Å². The molecule has 0 spiro atoms. The Balaban J connectivity index is 1.57. The zero-order chi connectivity index (χ0) is 21.0. The third-order valence-electron chi connectivity index (χ3n) is 4.32. The molecule has 1 aromatic heterocycles. The lowest BCUT2D eigenvalue weighted by Crippen LogP contribution is -2.41. The monoisotopic (exact) mass is 412 g/mol. The Morgan fingerprint density at radius 3 is 2.69 bits per heavy atom. The fourth-order valence-electron chi connectivity index (χ4n) is 2.79. The van der Waals surface area contributed by atoms with Crippen molar-refractivity contribution in [3.63, 3.8) is 0 Å². The van der Waals surface area contributed by atoms with E-state index in [1.54, 1.807) is 48.7 Å². The smallest absolute Gasteiger partial charge is 0.326 e. The molecule has 4 amide bonds. The predicted octanol–water partition coefficient (Wildman–Crippen LogP) is 1.57. The molecule has 9 nitrogen and oxygen atoms in total. The summed E-state index contributed by atoms with van der Waals surface area (Å²) >= 11 is 1.16. The van der Waals surface area contributed by atoms with Gasteiger partial charge in [-0.05, 0) is 23.9 Å². The van der Waals surface area contributed by atoms with Crippen molar-refractivity contribution in [1.82, 2.24) is 10.2 Å². The molecule has 10 heteroatoms. The number of hydrogen-bond donors (Lipinski definition) is 2. The second-order valence-corrected chi connectivity index (χ2v) is 7.21. The van der Waals surface area contributed by atoms with Crippen molar-refractivity contribution in [3.8, 4) is 6.07 Å². The second-order valence-electron chi connectivity index (χ2n) is 6.30. The number of imide groups is 1. The molecule has 0 saturated carbocycles. The largest absolute Gasteiger partial charge is 0.454 e. The van der Waals surface area contributed by atoms with Crippen molar-refractivity contribution in [3.05, 3.63) is 52.9 Å². The molecule has 0 bridgehead atoms. The maximum Gasteiger partial charge on any atom is 0.326 e. The molecule has 1 aliphatic rings. The lowest BCUT2D eigenvalue weighted by atomic mass is 9.92. The number of benzene rings is 1. The molecule has 0 aliphatic carbocycles. The lowest BCUT2D eigenvalue weighted by molar-refractivity contribution is -0.150. The number of nitrogens with one attached hydrogen (secondary N) is 2. The van der Waals surface area contributed by atoms with Crippen molar-refractivity contribution in [2.45, 2.75) is 12.5 Å². The molecular formula is C19H16N4O5S. The summed E-state index contributed by atoms with van der Waals surface area (Å²) in [4.78, 5) is 49.6. The molecule has 0 radical (unpaired) electrons. The molecule has 1 atom stereocenters. The van der Waals surface area contributed by atoms with Crippen LogP contribution >= 0.6 is 11.3 Å². The van der Waals surface area contributed by atoms with Gasteiger partial charge in [0.15, 0.2) is 6.61 Å². The number of urea groups is 1. The van der Waals surface area contributed by atoms with Crippen LogP contribution in [-0.2, 0) is 24.7 Å². The van der Waals surface area contributed by atoms with Crippen LogP contribution in [0, 0.1) is 11.3 Å². The van der Waals surface area contributed by atoms with E-state index in [4.69, 9.17) is 10.00 Å². The van der Waals surface area contributed by atoms with Crippen LogP contribution in [-0.4, -0.2) is 41.9 Å². The SMILES string of the molecule is C[C@]1(c2ccccc2)NC(=O)N(CC(=O)OCC(=O)Nc2sccc2C#N)C1=O. The van der Waals surface area contributed by atoms with Crippen LogP contribution in [0.5, 0.6) is 0 Å². The Morgan fingerprint density at radius 1 is 1.28 bits per heavy atom. The van der Waals surface area contributed by atoms with E-state index < -0.39 is 42.5 Å². The minimum absolute atomic E-state index is 0.300. The van der Waals surface area contributed by atoms with Gasteiger partial charge in [0.1, 0.15) is 23.2 Å². The van der Waals surface area contributed by atoms with Crippen LogP contribution in [0.4, 0.5) is 9.80 Å². The number of hydrogen-bond acceptors (Lipinski definition) is 7. The first kappa shape index (κ1) is 20.0. The fourth-order valence-corrected chi connectivity index (χ4v) is 3.54. The van der Waals surface area contributed by atoms with Crippen molar-refractivity contribution < 1.29 is 23.9 Å². The summed E-state index contributed by atoms with van der Waals surface area (Å²) in [5.41, 5.74) is -0.407. The standard InChI is InChI=1S/C19H16N4O5S/c1-19(13-5-3-2-4-6-13)17(26)23(18(27)22-19)10-15(25)28-11-14(24)21-16-12(9-20)7-8-29-16/h2-8H,10-11H2,1H3,(H,21,24)(H,22,27)/t19-/m1/s1. The number of amides is 4. The highest BCUT2D eigenvalue weighted by Gasteiger charge is 2.49. The highest BCUT2D eigenvalue weighted by Crippen LogP contribution is 2.28. The number of carbonyl (C=O) groups excluding carboxylic acids is 4. The van der Waals surface area contributed by atoms with Gasteiger partial charge in [-0.3, -0.25) is 19.3 Å². The third kappa shape index (κ3) is 4.09. The van der Waals surface area contributed by atoms with Crippen LogP contribution in [0.2, 0.25) is 0 Å². The molecule has 1 saturated heterocycles. The second kappa shape index (κ2) is 8.12. The predicted molar refractivity (Wildman–Crippen MR) is 103 cm³/mol. The van der Waals surface area contributed by atoms with Crippen LogP contribution in [0.1, 0.15) is 18.1 Å². The molecule has 1 aromatic carbocycles. The van der Waals surface area contributed by atoms with Crippen molar-refractivity contribution >= 4 is 40.2 Å². The molecular weight excluding hydrogens is 396 g/mol. The molecule has 29 heavy (non-hydrogen) atoms. The van der Waals surface area contributed by atoms with E-state index in [0.717, 1.165) is 16.2 Å². The number of carbonyl (C=O) groups is 4. The summed E-state index contributed by atoms with van der Waals surface area (Å²) < 4.78 is 4.86. The van der Waals surface area contributed by atoms with Gasteiger partial charge >= 0.3 is 12.0 Å². The summed E-state index contributed by atoms with van der Waals surface area (Å²) in [6, 6.07) is 11.4. The minimum Gasteiger partial charge on any atom is -0.454 e. The zero-order valence-corrected chi connectivity index (χ0v) is 16.1. The van der Waals surface area contributed by atoms with Crippen molar-refractivity contribution in [2.24, 2.45) is 0 Å². The first-order valence-corrected chi connectivity index (χ1v) is 9.36. The number of nitrogens with zero attached hydrogens (tertiary/aromatic N) is 2. The molecule has 0 unspecified atom stereocenters. The molecule has 148 valence electrons. The highest BCUT2D eigenvalue weighted by molar-refractivity contribution is 7.14. The molecule has 2 heterocycles. The number of rotatable bonds is 6. The Kier molecular flexibility index (Phi) is 5.61. The number of nitriles is 1. The van der Waals surface area contributed by atoms with Gasteiger partial charge in [0, 0.05) is 0 Å². The average molecular weight is 412 g/mol. The molecule has 3 rings (SSSR count). The number of thiophene rings is 1. The number of ether oxygens (including phenoxy) is 1. The van der Waals surface area contributed by atoms with Gasteiger partial charge < -0.3 is 15.4 Å². The number of anilines is 1. The van der Waals surface area contributed by atoms with Gasteiger partial charge in [0.05, 0.1) is 5.56 Å². The maximum atomic E-state index is 12.7. The summed E-state index contributed by atoms with van der Waals surface area (Å²) in [6.07, 6.45) is 0. The van der Waals surface area contributed by atoms with Crippen LogP contribution in [0.25, 0.3) is 0 Å². The highest BCUT2D eigenvalue weighted by atomic mass is 32.1. The van der Waals surface area contributed by atoms with E-state index in [9.17, 15) is 19.2 Å². The van der Waals surface area contributed by atoms with Gasteiger partial charge in [-0.1, -0.05) is 30.3 Å². The Hall–Kier alpha value is -3.71. The van der Waals surface area contributed by atoms with Gasteiger partial charge in [-0.15, -0.1) is 11.3 Å². The molecule has 1 fully saturated rings. The van der Waals surface area contributed by atoms with Crippen LogP contribution < -0.4 is 10.6 Å². The van der Waals surface area contributed by atoms with Gasteiger partial charge in [-0.2, -0.15) is 5.26 Å². The van der Waals surface area contributed by atoms with E-state index in [1.807, 2.05) is 6.07 Å². The van der Waals surface area contributed by atoms with Crippen LogP contribution in [0.3, 0.4) is 0 Å². The van der Waals surface area contributed by atoms with Gasteiger partial charge in [0.25, 0.3) is 11.8 Å².